The predicted molar refractivity (Wildman–Crippen MR) is 532 cm³/mol. The molecular weight excluding hydrogens is 1550 g/mol. The second kappa shape index (κ2) is 99.0. The maximum Gasteiger partial charge on any atom is 0.333 e. The van der Waals surface area contributed by atoms with Gasteiger partial charge in [0.05, 0.1) is 0 Å². The highest BCUT2D eigenvalue weighted by atomic mass is 28.4. The second-order valence-electron chi connectivity index (χ2n) is 38.1. The van der Waals surface area contributed by atoms with Crippen molar-refractivity contribution >= 4 is 29.1 Å². The van der Waals surface area contributed by atoms with Crippen molar-refractivity contribution in [1.82, 2.24) is 9.80 Å². The van der Waals surface area contributed by atoms with Crippen molar-refractivity contribution in [2.45, 2.75) is 594 Å². The Morgan fingerprint density at radius 3 is 0.680 bits per heavy atom. The van der Waals surface area contributed by atoms with Crippen LogP contribution in [-0.2, 0) is 46.2 Å². The minimum Gasteiger partial charge on any atom is -0.462 e. The van der Waals surface area contributed by atoms with Gasteiger partial charge in [0.15, 0.2) is 0 Å². The summed E-state index contributed by atoms with van der Waals surface area (Å²) in [7, 11) is -4.54. The number of aliphatic hydroxyl groups excluding tert-OH is 2. The average molecular weight is 1770 g/mol. The Morgan fingerprint density at radius 1 is 0.238 bits per heavy atom. The van der Waals surface area contributed by atoms with E-state index < -0.39 is 17.1 Å². The summed E-state index contributed by atoms with van der Waals surface area (Å²) >= 11 is 0. The summed E-state index contributed by atoms with van der Waals surface area (Å²) < 4.78 is 50.8. The van der Waals surface area contributed by atoms with Gasteiger partial charge >= 0.3 is 29.1 Å². The first-order valence-corrected chi connectivity index (χ1v) is 60.2. The van der Waals surface area contributed by atoms with E-state index in [1.807, 2.05) is 0 Å². The third-order valence-corrected chi connectivity index (χ3v) is 28.2. The SMILES string of the molecule is CCCCCCCCOC(CCCCCCC)O[Si](C)(C)OCCCCCCN(CCCCO)CCCCCCCC(=O)OC(CCCCCCCC)CCCCCCCC.CCCCCCCCOC(CCCCCCC)O[Si](C)(C)OCCCCCCN(CCCCO)CCCCCCCC(=O)OC(CCCCCCCC)CCCCCCCC. The number of carbonyl (C=O) groups is 2. The number of hydrogen-bond acceptors (Lipinski definition) is 14. The van der Waals surface area contributed by atoms with Crippen LogP contribution >= 0.6 is 0 Å². The normalized spacial score (nSPS) is 12.6. The first-order valence-electron chi connectivity index (χ1n) is 54.5. The van der Waals surface area contributed by atoms with Crippen molar-refractivity contribution in [2.24, 2.45) is 0 Å². The Labute approximate surface area is 764 Å². The van der Waals surface area contributed by atoms with Gasteiger partial charge in [0.1, 0.15) is 24.8 Å². The number of carbonyl (C=O) groups excluding carboxylic acids is 2. The Kier molecular flexibility index (Phi) is 99.8. The summed E-state index contributed by atoms with van der Waals surface area (Å²) in [6.07, 6.45) is 90.7. The lowest BCUT2D eigenvalue weighted by Crippen LogP contribution is -2.40. The molecule has 0 bridgehead atoms. The number of unbranched alkanes of at least 4 members (excludes halogenated alkanes) is 54. The summed E-state index contributed by atoms with van der Waals surface area (Å²) in [6.45, 7) is 37.3. The molecule has 0 amide bonds. The highest BCUT2D eigenvalue weighted by molar-refractivity contribution is 6.64. The summed E-state index contributed by atoms with van der Waals surface area (Å²) in [5.74, 6) is 0.0621. The fourth-order valence-corrected chi connectivity index (χ4v) is 19.8. The van der Waals surface area contributed by atoms with E-state index in [0.717, 1.165) is 181 Å². The van der Waals surface area contributed by atoms with Gasteiger partial charge in [-0.25, -0.2) is 0 Å². The molecule has 0 aliphatic carbocycles. The standard InChI is InChI=1S/2C53H109NO6Si/c2*1-7-11-15-19-24-31-41-51(42-32-25-20-16-12-8-2)59-52(56)43-33-26-22-27-35-45-54(47-37-38-48-55)46-36-28-30-40-50-58-61(5,6)60-53(44-34-23-18-14-10-4)57-49-39-29-21-17-13-9-3/h2*51,53,55H,7-50H2,1-6H3. The minimum absolute atomic E-state index is 0.0310. The van der Waals surface area contributed by atoms with E-state index in [0.29, 0.717) is 12.8 Å². The van der Waals surface area contributed by atoms with Crippen molar-refractivity contribution in [2.75, 3.05) is 78.9 Å². The van der Waals surface area contributed by atoms with Crippen molar-refractivity contribution in [3.8, 4) is 0 Å². The van der Waals surface area contributed by atoms with Gasteiger partial charge < -0.3 is 56.7 Å². The van der Waals surface area contributed by atoms with Crippen LogP contribution in [0.5, 0.6) is 0 Å². The zero-order chi connectivity index (χ0) is 89.5. The van der Waals surface area contributed by atoms with Crippen LogP contribution < -0.4 is 0 Å². The Hall–Kier alpha value is -1.03. The molecule has 0 aromatic carbocycles. The number of ether oxygens (including phenoxy) is 4. The third-order valence-electron chi connectivity index (χ3n) is 24.7. The van der Waals surface area contributed by atoms with Crippen LogP contribution in [-0.4, -0.2) is 153 Å². The van der Waals surface area contributed by atoms with Gasteiger partial charge in [0, 0.05) is 52.5 Å². The van der Waals surface area contributed by atoms with Crippen molar-refractivity contribution in [3.05, 3.63) is 0 Å². The quantitative estimate of drug-likeness (QED) is 0.0257. The Morgan fingerprint density at radius 2 is 0.434 bits per heavy atom. The van der Waals surface area contributed by atoms with E-state index >= 15 is 0 Å². The van der Waals surface area contributed by atoms with E-state index in [1.54, 1.807) is 0 Å². The molecule has 0 rings (SSSR count). The fourth-order valence-electron chi connectivity index (χ4n) is 16.8. The van der Waals surface area contributed by atoms with Gasteiger partial charge in [-0.1, -0.05) is 364 Å². The van der Waals surface area contributed by atoms with E-state index in [1.165, 1.54) is 360 Å². The third kappa shape index (κ3) is 93.6. The monoisotopic (exact) mass is 1770 g/mol. The molecule has 0 spiro atoms. The van der Waals surface area contributed by atoms with Crippen molar-refractivity contribution < 1.29 is 56.5 Å². The van der Waals surface area contributed by atoms with Crippen molar-refractivity contribution in [1.29, 1.82) is 0 Å². The summed E-state index contributed by atoms with van der Waals surface area (Å²) in [5, 5.41) is 18.8. The number of aliphatic hydroxyl groups is 2. The first kappa shape index (κ1) is 123. The topological polar surface area (TPSA) is 155 Å². The Balaban J connectivity index is 0. The van der Waals surface area contributed by atoms with Crippen LogP contribution in [0.15, 0.2) is 0 Å². The lowest BCUT2D eigenvalue weighted by Gasteiger charge is -2.29. The average Bonchev–Trinajstić information content (AvgIpc) is 0.902. The van der Waals surface area contributed by atoms with Gasteiger partial charge in [-0.3, -0.25) is 9.59 Å². The van der Waals surface area contributed by atoms with E-state index in [2.05, 4.69) is 91.4 Å². The molecule has 2 N–H and O–H groups in total. The maximum absolute atomic E-state index is 12.8. The van der Waals surface area contributed by atoms with Gasteiger partial charge in [0.25, 0.3) is 0 Å². The zero-order valence-electron chi connectivity index (χ0n) is 84.4. The molecule has 0 saturated carbocycles. The molecule has 0 fully saturated rings. The largest absolute Gasteiger partial charge is 0.462 e. The minimum atomic E-state index is -2.27. The van der Waals surface area contributed by atoms with Crippen molar-refractivity contribution in [3.63, 3.8) is 0 Å². The molecule has 0 saturated heterocycles. The second-order valence-corrected chi connectivity index (χ2v) is 44.8. The summed E-state index contributed by atoms with van der Waals surface area (Å²) in [6, 6.07) is 0. The van der Waals surface area contributed by atoms with Crippen LogP contribution in [0.4, 0.5) is 0 Å². The molecule has 0 aromatic heterocycles. The molecule has 2 atom stereocenters. The van der Waals surface area contributed by atoms with Gasteiger partial charge in [-0.2, -0.15) is 0 Å². The van der Waals surface area contributed by atoms with Crippen LogP contribution in [0.25, 0.3) is 0 Å². The molecule has 0 aliphatic rings. The van der Waals surface area contributed by atoms with E-state index in [4.69, 9.17) is 36.7 Å². The number of hydrogen-bond donors (Lipinski definition) is 2. The molecule has 732 valence electrons. The molecule has 0 radical (unpaired) electrons. The maximum atomic E-state index is 12.8. The number of esters is 2. The molecule has 14 nitrogen and oxygen atoms in total. The fraction of sp³-hybridized carbons (Fsp3) is 0.981. The highest BCUT2D eigenvalue weighted by Crippen LogP contribution is 2.25. The summed E-state index contributed by atoms with van der Waals surface area (Å²) in [4.78, 5) is 30.9. The van der Waals surface area contributed by atoms with Gasteiger partial charge in [-0.15, -0.1) is 0 Å². The summed E-state index contributed by atoms with van der Waals surface area (Å²) in [5.41, 5.74) is 0. The Bertz CT molecular complexity index is 1860. The highest BCUT2D eigenvalue weighted by Gasteiger charge is 2.31. The van der Waals surface area contributed by atoms with Crippen LogP contribution in [0, 0.1) is 0 Å². The number of nitrogens with zero attached hydrogens (tertiary/aromatic N) is 2. The molecule has 2 unspecified atom stereocenters. The first-order chi connectivity index (χ1) is 59.6. The van der Waals surface area contributed by atoms with E-state index in [-0.39, 0.29) is 49.9 Å². The molecule has 0 aromatic rings. The molecule has 122 heavy (non-hydrogen) atoms. The number of rotatable bonds is 102. The lowest BCUT2D eigenvalue weighted by atomic mass is 10.0. The zero-order valence-corrected chi connectivity index (χ0v) is 86.4. The molecule has 0 heterocycles. The smallest absolute Gasteiger partial charge is 0.333 e. The van der Waals surface area contributed by atoms with Crippen LogP contribution in [0.3, 0.4) is 0 Å². The van der Waals surface area contributed by atoms with Crippen LogP contribution in [0.2, 0.25) is 26.2 Å². The van der Waals surface area contributed by atoms with E-state index in [9.17, 15) is 19.8 Å². The van der Waals surface area contributed by atoms with Gasteiger partial charge in [-0.05, 0) is 232 Å². The molecule has 16 heteroatoms. The lowest BCUT2D eigenvalue weighted by molar-refractivity contribution is -0.151. The molecular formula is C106H218N2O12Si2. The molecule has 0 aliphatic heterocycles. The van der Waals surface area contributed by atoms with Crippen LogP contribution in [0.1, 0.15) is 543 Å². The van der Waals surface area contributed by atoms with Gasteiger partial charge in [0.2, 0.25) is 0 Å². The predicted octanol–water partition coefficient (Wildman–Crippen LogP) is 32.3.